The van der Waals surface area contributed by atoms with Gasteiger partial charge in [-0.1, -0.05) is 42.5 Å². The topological polar surface area (TPSA) is 38.9 Å². The SMILES string of the molecule is NC(=S)c1cnc(CCc2ccccc2)s1. The number of nitrogens with zero attached hydrogens (tertiary/aromatic N) is 1. The van der Waals surface area contributed by atoms with Gasteiger partial charge in [-0.2, -0.15) is 0 Å². The van der Waals surface area contributed by atoms with Gasteiger partial charge in [0.2, 0.25) is 0 Å². The fourth-order valence-electron chi connectivity index (χ4n) is 1.44. The number of thiazole rings is 1. The lowest BCUT2D eigenvalue weighted by atomic mass is 10.1. The second-order valence-corrected chi connectivity index (χ2v) is 5.02. The smallest absolute Gasteiger partial charge is 0.115 e. The van der Waals surface area contributed by atoms with E-state index in [1.807, 2.05) is 6.07 Å². The fraction of sp³-hybridized carbons (Fsp3) is 0.167. The van der Waals surface area contributed by atoms with Crippen LogP contribution in [0.3, 0.4) is 0 Å². The molecule has 0 saturated heterocycles. The van der Waals surface area contributed by atoms with Crippen molar-refractivity contribution in [3.05, 3.63) is 52.0 Å². The molecule has 0 aliphatic rings. The van der Waals surface area contributed by atoms with Crippen LogP contribution < -0.4 is 5.73 Å². The summed E-state index contributed by atoms with van der Waals surface area (Å²) in [6, 6.07) is 10.4. The van der Waals surface area contributed by atoms with Crippen LogP contribution in [0.1, 0.15) is 15.4 Å². The van der Waals surface area contributed by atoms with Gasteiger partial charge in [-0.15, -0.1) is 11.3 Å². The van der Waals surface area contributed by atoms with E-state index in [1.54, 1.807) is 17.5 Å². The van der Waals surface area contributed by atoms with Gasteiger partial charge in [0.25, 0.3) is 0 Å². The minimum absolute atomic E-state index is 0.434. The monoisotopic (exact) mass is 248 g/mol. The van der Waals surface area contributed by atoms with Crippen LogP contribution in [0.15, 0.2) is 36.5 Å². The summed E-state index contributed by atoms with van der Waals surface area (Å²) in [5.74, 6) is 0. The summed E-state index contributed by atoms with van der Waals surface area (Å²) in [6.07, 6.45) is 3.70. The highest BCUT2D eigenvalue weighted by atomic mass is 32.1. The molecule has 0 spiro atoms. The van der Waals surface area contributed by atoms with E-state index in [0.29, 0.717) is 4.99 Å². The van der Waals surface area contributed by atoms with E-state index in [1.165, 1.54) is 5.56 Å². The van der Waals surface area contributed by atoms with Gasteiger partial charge in [0.05, 0.1) is 9.88 Å². The van der Waals surface area contributed by atoms with Crippen LogP contribution in [-0.4, -0.2) is 9.97 Å². The van der Waals surface area contributed by atoms with Gasteiger partial charge in [0.1, 0.15) is 4.99 Å². The molecule has 1 aromatic carbocycles. The summed E-state index contributed by atoms with van der Waals surface area (Å²) in [7, 11) is 0. The van der Waals surface area contributed by atoms with Gasteiger partial charge in [0.15, 0.2) is 0 Å². The number of thiocarbonyl (C=S) groups is 1. The molecule has 2 aromatic rings. The predicted octanol–water partition coefficient (Wildman–Crippen LogP) is 2.56. The Labute approximate surface area is 104 Å². The van der Waals surface area contributed by atoms with Crippen molar-refractivity contribution >= 4 is 28.5 Å². The molecule has 2 nitrogen and oxygen atoms in total. The van der Waals surface area contributed by atoms with Gasteiger partial charge in [-0.25, -0.2) is 4.98 Å². The standard InChI is InChI=1S/C12H12N2S2/c13-12(15)10-8-14-11(16-10)7-6-9-4-2-1-3-5-9/h1-5,8H,6-7H2,(H2,13,15). The van der Waals surface area contributed by atoms with Crippen molar-refractivity contribution in [1.82, 2.24) is 4.98 Å². The Kier molecular flexibility index (Phi) is 3.64. The van der Waals surface area contributed by atoms with Crippen LogP contribution in [0.4, 0.5) is 0 Å². The molecule has 0 aliphatic heterocycles. The van der Waals surface area contributed by atoms with Gasteiger partial charge in [0, 0.05) is 12.6 Å². The highest BCUT2D eigenvalue weighted by Gasteiger charge is 2.04. The Hall–Kier alpha value is -1.26. The highest BCUT2D eigenvalue weighted by molar-refractivity contribution is 7.81. The molecular weight excluding hydrogens is 236 g/mol. The summed E-state index contributed by atoms with van der Waals surface area (Å²) in [5, 5.41) is 1.09. The molecule has 2 N–H and O–H groups in total. The highest BCUT2D eigenvalue weighted by Crippen LogP contribution is 2.15. The van der Waals surface area contributed by atoms with E-state index in [0.717, 1.165) is 22.7 Å². The Morgan fingerprint density at radius 1 is 1.25 bits per heavy atom. The van der Waals surface area contributed by atoms with Gasteiger partial charge in [-0.3, -0.25) is 0 Å². The van der Waals surface area contributed by atoms with E-state index in [9.17, 15) is 0 Å². The molecule has 1 aromatic heterocycles. The van der Waals surface area contributed by atoms with E-state index in [2.05, 4.69) is 29.2 Å². The Balaban J connectivity index is 1.97. The first-order chi connectivity index (χ1) is 7.75. The number of hydrogen-bond donors (Lipinski definition) is 1. The van der Waals surface area contributed by atoms with Crippen LogP contribution in [0, 0.1) is 0 Å². The summed E-state index contributed by atoms with van der Waals surface area (Å²) < 4.78 is 0. The summed E-state index contributed by atoms with van der Waals surface area (Å²) >= 11 is 6.48. The summed E-state index contributed by atoms with van der Waals surface area (Å²) in [6.45, 7) is 0. The summed E-state index contributed by atoms with van der Waals surface area (Å²) in [4.78, 5) is 5.64. The lowest BCUT2D eigenvalue weighted by molar-refractivity contribution is 0.944. The number of rotatable bonds is 4. The average molecular weight is 248 g/mol. The summed E-state index contributed by atoms with van der Waals surface area (Å²) in [5.41, 5.74) is 6.86. The molecule has 82 valence electrons. The fourth-order valence-corrected chi connectivity index (χ4v) is 2.38. The van der Waals surface area contributed by atoms with Gasteiger partial charge in [-0.05, 0) is 12.0 Å². The Morgan fingerprint density at radius 3 is 2.62 bits per heavy atom. The molecule has 16 heavy (non-hydrogen) atoms. The van der Waals surface area contributed by atoms with Gasteiger partial charge < -0.3 is 5.73 Å². The maximum atomic E-state index is 5.54. The van der Waals surface area contributed by atoms with Crippen molar-refractivity contribution < 1.29 is 0 Å². The number of benzene rings is 1. The third kappa shape index (κ3) is 2.87. The molecule has 0 unspecified atom stereocenters. The first-order valence-corrected chi connectivity index (χ1v) is 6.26. The predicted molar refractivity (Wildman–Crippen MR) is 71.9 cm³/mol. The lowest BCUT2D eigenvalue weighted by Crippen LogP contribution is -2.06. The van der Waals surface area contributed by atoms with Crippen molar-refractivity contribution in [2.45, 2.75) is 12.8 Å². The van der Waals surface area contributed by atoms with E-state index < -0.39 is 0 Å². The molecule has 1 heterocycles. The first-order valence-electron chi connectivity index (χ1n) is 5.04. The lowest BCUT2D eigenvalue weighted by Gasteiger charge is -1.97. The van der Waals surface area contributed by atoms with Crippen LogP contribution in [0.5, 0.6) is 0 Å². The Bertz CT molecular complexity index is 477. The molecule has 2 rings (SSSR count). The zero-order valence-electron chi connectivity index (χ0n) is 8.72. The van der Waals surface area contributed by atoms with Crippen molar-refractivity contribution in [3.63, 3.8) is 0 Å². The van der Waals surface area contributed by atoms with E-state index in [-0.39, 0.29) is 0 Å². The maximum absolute atomic E-state index is 5.54. The van der Waals surface area contributed by atoms with Crippen molar-refractivity contribution in [1.29, 1.82) is 0 Å². The van der Waals surface area contributed by atoms with Gasteiger partial charge >= 0.3 is 0 Å². The second-order valence-electron chi connectivity index (χ2n) is 3.47. The molecule has 4 heteroatoms. The van der Waals surface area contributed by atoms with Crippen LogP contribution in [0.2, 0.25) is 0 Å². The molecule has 0 radical (unpaired) electrons. The molecule has 0 saturated carbocycles. The third-order valence-corrected chi connectivity index (χ3v) is 3.71. The molecule has 0 amide bonds. The average Bonchev–Trinajstić information content (AvgIpc) is 2.76. The number of nitrogens with two attached hydrogens (primary N) is 1. The van der Waals surface area contributed by atoms with E-state index in [4.69, 9.17) is 18.0 Å². The largest absolute Gasteiger partial charge is 0.389 e. The third-order valence-electron chi connectivity index (χ3n) is 2.27. The second kappa shape index (κ2) is 5.18. The maximum Gasteiger partial charge on any atom is 0.115 e. The van der Waals surface area contributed by atoms with Crippen LogP contribution >= 0.6 is 23.6 Å². The molecule has 0 aliphatic carbocycles. The van der Waals surface area contributed by atoms with Crippen LogP contribution in [-0.2, 0) is 12.8 Å². The minimum atomic E-state index is 0.434. The normalized spacial score (nSPS) is 10.2. The zero-order chi connectivity index (χ0) is 11.4. The minimum Gasteiger partial charge on any atom is -0.389 e. The number of hydrogen-bond acceptors (Lipinski definition) is 3. The molecule has 0 atom stereocenters. The van der Waals surface area contributed by atoms with Crippen LogP contribution in [0.25, 0.3) is 0 Å². The van der Waals surface area contributed by atoms with Crippen molar-refractivity contribution in [3.8, 4) is 0 Å². The Morgan fingerprint density at radius 2 is 2.00 bits per heavy atom. The molecular formula is C12H12N2S2. The molecule has 0 bridgehead atoms. The van der Waals surface area contributed by atoms with Crippen molar-refractivity contribution in [2.75, 3.05) is 0 Å². The number of aryl methyl sites for hydroxylation is 2. The van der Waals surface area contributed by atoms with Crippen molar-refractivity contribution in [2.24, 2.45) is 5.73 Å². The number of aromatic nitrogens is 1. The zero-order valence-corrected chi connectivity index (χ0v) is 10.4. The first kappa shape index (κ1) is 11.2. The van der Waals surface area contributed by atoms with E-state index >= 15 is 0 Å². The molecule has 0 fully saturated rings. The quantitative estimate of drug-likeness (QED) is 0.845.